The highest BCUT2D eigenvalue weighted by Crippen LogP contribution is 2.28. The monoisotopic (exact) mass is 316 g/mol. The number of likely N-dealkylation sites (tertiary alicyclic amines) is 1. The highest BCUT2D eigenvalue weighted by Gasteiger charge is 2.24. The Morgan fingerprint density at radius 2 is 2.24 bits per heavy atom. The molecule has 0 aliphatic carbocycles. The Labute approximate surface area is 116 Å². The van der Waals surface area contributed by atoms with Crippen LogP contribution in [-0.4, -0.2) is 30.1 Å². The van der Waals surface area contributed by atoms with E-state index in [1.807, 2.05) is 18.2 Å². The molecule has 0 saturated carbocycles. The summed E-state index contributed by atoms with van der Waals surface area (Å²) in [5, 5.41) is 4.34. The zero-order valence-corrected chi connectivity index (χ0v) is 12.6. The van der Waals surface area contributed by atoms with Crippen molar-refractivity contribution in [2.24, 2.45) is 0 Å². The SMILES string of the molecule is CC(C)N1CCC(Nc2ccc(Cl)cc2Br)C1. The van der Waals surface area contributed by atoms with Crippen LogP contribution < -0.4 is 5.32 Å². The van der Waals surface area contributed by atoms with Gasteiger partial charge in [-0.3, -0.25) is 4.90 Å². The van der Waals surface area contributed by atoms with Crippen LogP contribution in [0, 0.1) is 0 Å². The molecule has 0 aromatic heterocycles. The summed E-state index contributed by atoms with van der Waals surface area (Å²) in [6, 6.07) is 7.05. The van der Waals surface area contributed by atoms with Gasteiger partial charge in [-0.1, -0.05) is 11.6 Å². The average Bonchev–Trinajstić information content (AvgIpc) is 2.71. The zero-order valence-electron chi connectivity index (χ0n) is 10.2. The van der Waals surface area contributed by atoms with Crippen molar-refractivity contribution >= 4 is 33.2 Å². The molecule has 1 unspecified atom stereocenters. The first-order valence-electron chi connectivity index (χ1n) is 6.02. The Morgan fingerprint density at radius 3 is 2.82 bits per heavy atom. The number of hydrogen-bond acceptors (Lipinski definition) is 2. The summed E-state index contributed by atoms with van der Waals surface area (Å²) in [5.41, 5.74) is 1.13. The largest absolute Gasteiger partial charge is 0.380 e. The topological polar surface area (TPSA) is 15.3 Å². The second kappa shape index (κ2) is 5.59. The number of rotatable bonds is 3. The lowest BCUT2D eigenvalue weighted by atomic mass is 10.2. The van der Waals surface area contributed by atoms with Crippen molar-refractivity contribution in [1.29, 1.82) is 0 Å². The molecule has 94 valence electrons. The van der Waals surface area contributed by atoms with Gasteiger partial charge in [-0.15, -0.1) is 0 Å². The van der Waals surface area contributed by atoms with Gasteiger partial charge in [0.25, 0.3) is 0 Å². The van der Waals surface area contributed by atoms with Crippen LogP contribution in [0.5, 0.6) is 0 Å². The highest BCUT2D eigenvalue weighted by atomic mass is 79.9. The third-order valence-electron chi connectivity index (χ3n) is 3.24. The summed E-state index contributed by atoms with van der Waals surface area (Å²) < 4.78 is 1.04. The van der Waals surface area contributed by atoms with Crippen LogP contribution >= 0.6 is 27.5 Å². The third kappa shape index (κ3) is 3.36. The molecule has 0 radical (unpaired) electrons. The van der Waals surface area contributed by atoms with Gasteiger partial charge in [-0.05, 0) is 54.4 Å². The molecule has 1 aromatic rings. The molecule has 1 N–H and O–H groups in total. The van der Waals surface area contributed by atoms with Crippen LogP contribution in [0.25, 0.3) is 0 Å². The summed E-state index contributed by atoms with van der Waals surface area (Å²) in [4.78, 5) is 2.50. The lowest BCUT2D eigenvalue weighted by Gasteiger charge is -2.21. The molecule has 1 saturated heterocycles. The minimum absolute atomic E-state index is 0.537. The molecule has 0 amide bonds. The van der Waals surface area contributed by atoms with Crippen molar-refractivity contribution in [1.82, 2.24) is 4.90 Å². The maximum atomic E-state index is 5.93. The lowest BCUT2D eigenvalue weighted by Crippen LogP contribution is -2.31. The van der Waals surface area contributed by atoms with E-state index in [0.29, 0.717) is 12.1 Å². The lowest BCUT2D eigenvalue weighted by molar-refractivity contribution is 0.274. The van der Waals surface area contributed by atoms with E-state index >= 15 is 0 Å². The van der Waals surface area contributed by atoms with E-state index in [9.17, 15) is 0 Å². The maximum Gasteiger partial charge on any atom is 0.0488 e. The molecule has 1 heterocycles. The van der Waals surface area contributed by atoms with E-state index in [1.165, 1.54) is 13.0 Å². The van der Waals surface area contributed by atoms with Gasteiger partial charge in [0.05, 0.1) is 0 Å². The second-order valence-electron chi connectivity index (χ2n) is 4.84. The third-order valence-corrected chi connectivity index (χ3v) is 4.13. The van der Waals surface area contributed by atoms with E-state index in [0.717, 1.165) is 21.7 Å². The number of benzene rings is 1. The van der Waals surface area contributed by atoms with Crippen molar-refractivity contribution in [3.63, 3.8) is 0 Å². The predicted molar refractivity (Wildman–Crippen MR) is 77.9 cm³/mol. The quantitative estimate of drug-likeness (QED) is 0.906. The molecule has 1 aliphatic rings. The van der Waals surface area contributed by atoms with Crippen molar-refractivity contribution in [3.05, 3.63) is 27.7 Å². The Kier molecular flexibility index (Phi) is 4.34. The molecule has 0 spiro atoms. The van der Waals surface area contributed by atoms with Gasteiger partial charge in [0.1, 0.15) is 0 Å². The molecule has 2 rings (SSSR count). The van der Waals surface area contributed by atoms with Gasteiger partial charge >= 0.3 is 0 Å². The Balaban J connectivity index is 1.98. The van der Waals surface area contributed by atoms with Crippen molar-refractivity contribution in [3.8, 4) is 0 Å². The molecule has 4 heteroatoms. The first-order chi connectivity index (χ1) is 8.06. The van der Waals surface area contributed by atoms with Gasteiger partial charge in [0.2, 0.25) is 0 Å². The van der Waals surface area contributed by atoms with E-state index in [-0.39, 0.29) is 0 Å². The Hall–Kier alpha value is -0.250. The summed E-state index contributed by atoms with van der Waals surface area (Å²) in [5.74, 6) is 0. The smallest absolute Gasteiger partial charge is 0.0488 e. The number of nitrogens with one attached hydrogen (secondary N) is 1. The number of halogens is 2. The highest BCUT2D eigenvalue weighted by molar-refractivity contribution is 9.10. The predicted octanol–water partition coefficient (Wildman–Crippen LogP) is 4.00. The summed E-state index contributed by atoms with van der Waals surface area (Å²) in [7, 11) is 0. The van der Waals surface area contributed by atoms with Crippen molar-refractivity contribution < 1.29 is 0 Å². The molecule has 1 aliphatic heterocycles. The average molecular weight is 318 g/mol. The van der Waals surface area contributed by atoms with E-state index in [4.69, 9.17) is 11.6 Å². The number of nitrogens with zero attached hydrogens (tertiary/aromatic N) is 1. The fourth-order valence-electron chi connectivity index (χ4n) is 2.20. The van der Waals surface area contributed by atoms with Gasteiger partial charge in [0.15, 0.2) is 0 Å². The van der Waals surface area contributed by atoms with E-state index in [2.05, 4.69) is 40.0 Å². The van der Waals surface area contributed by atoms with E-state index in [1.54, 1.807) is 0 Å². The van der Waals surface area contributed by atoms with Crippen LogP contribution in [0.2, 0.25) is 5.02 Å². The van der Waals surface area contributed by atoms with Crippen molar-refractivity contribution in [2.45, 2.75) is 32.4 Å². The molecule has 17 heavy (non-hydrogen) atoms. The van der Waals surface area contributed by atoms with Gasteiger partial charge in [-0.2, -0.15) is 0 Å². The van der Waals surface area contributed by atoms with E-state index < -0.39 is 0 Å². The molecule has 2 nitrogen and oxygen atoms in total. The minimum atomic E-state index is 0.537. The standard InChI is InChI=1S/C13H18BrClN2/c1-9(2)17-6-5-11(8-17)16-13-4-3-10(15)7-12(13)14/h3-4,7,9,11,16H,5-6,8H2,1-2H3. The van der Waals surface area contributed by atoms with Crippen LogP contribution in [0.3, 0.4) is 0 Å². The van der Waals surface area contributed by atoms with Crippen LogP contribution in [0.1, 0.15) is 20.3 Å². The summed E-state index contributed by atoms with van der Waals surface area (Å²) in [6.45, 7) is 6.80. The number of hydrogen-bond donors (Lipinski definition) is 1. The molecular formula is C13H18BrClN2. The van der Waals surface area contributed by atoms with Crippen LogP contribution in [-0.2, 0) is 0 Å². The zero-order chi connectivity index (χ0) is 12.4. The van der Waals surface area contributed by atoms with Crippen LogP contribution in [0.4, 0.5) is 5.69 Å². The normalized spacial score (nSPS) is 21.1. The molecule has 1 aromatic carbocycles. The Bertz CT molecular complexity index is 395. The molecular weight excluding hydrogens is 300 g/mol. The second-order valence-corrected chi connectivity index (χ2v) is 6.13. The minimum Gasteiger partial charge on any atom is -0.380 e. The Morgan fingerprint density at radius 1 is 1.47 bits per heavy atom. The first kappa shape index (κ1) is 13.2. The van der Waals surface area contributed by atoms with Gasteiger partial charge < -0.3 is 5.32 Å². The van der Waals surface area contributed by atoms with Gasteiger partial charge in [-0.25, -0.2) is 0 Å². The maximum absolute atomic E-state index is 5.93. The fourth-order valence-corrected chi connectivity index (χ4v) is 3.00. The first-order valence-corrected chi connectivity index (χ1v) is 7.19. The van der Waals surface area contributed by atoms with Crippen molar-refractivity contribution in [2.75, 3.05) is 18.4 Å². The molecule has 0 bridgehead atoms. The fraction of sp³-hybridized carbons (Fsp3) is 0.538. The number of anilines is 1. The van der Waals surface area contributed by atoms with Gasteiger partial charge in [0, 0.05) is 40.4 Å². The molecule has 1 atom stereocenters. The summed E-state index contributed by atoms with van der Waals surface area (Å²) >= 11 is 9.47. The summed E-state index contributed by atoms with van der Waals surface area (Å²) in [6.07, 6.45) is 1.20. The van der Waals surface area contributed by atoms with Crippen LogP contribution in [0.15, 0.2) is 22.7 Å². The molecule has 1 fully saturated rings.